The molecular formula is C10H9N3O3. The van der Waals surface area contributed by atoms with Gasteiger partial charge in [0.1, 0.15) is 0 Å². The van der Waals surface area contributed by atoms with Crippen LogP contribution in [0.15, 0.2) is 12.4 Å². The first-order valence-electron chi connectivity index (χ1n) is 4.38. The van der Waals surface area contributed by atoms with E-state index in [2.05, 4.69) is 27.1 Å². The molecule has 1 heterocycles. The van der Waals surface area contributed by atoms with E-state index >= 15 is 0 Å². The summed E-state index contributed by atoms with van der Waals surface area (Å²) in [5.74, 6) is 3.74. The van der Waals surface area contributed by atoms with Crippen LogP contribution in [0.5, 0.6) is 0 Å². The molecule has 1 aromatic rings. The van der Waals surface area contributed by atoms with Gasteiger partial charge in [-0.3, -0.25) is 4.79 Å². The van der Waals surface area contributed by atoms with Crippen LogP contribution in [0.4, 0.5) is 0 Å². The molecule has 0 atom stereocenters. The standard InChI is InChI=1S/C10H9N3O3/c1-7(14)11-4-2-3-8-5-12-9(10(15)16)13-6-8/h5-6H,4H2,1H3,(H,11,14)(H,15,16). The van der Waals surface area contributed by atoms with Gasteiger partial charge in [-0.15, -0.1) is 0 Å². The Labute approximate surface area is 91.7 Å². The summed E-state index contributed by atoms with van der Waals surface area (Å²) >= 11 is 0. The molecule has 82 valence electrons. The first kappa shape index (κ1) is 11.7. The number of carboxylic acid groups (broad SMARTS) is 1. The lowest BCUT2D eigenvalue weighted by molar-refractivity contribution is -0.118. The molecule has 6 nitrogen and oxygen atoms in total. The number of carbonyl (C=O) groups excluding carboxylic acids is 1. The number of amides is 1. The van der Waals surface area contributed by atoms with Gasteiger partial charge in [-0.05, 0) is 0 Å². The van der Waals surface area contributed by atoms with E-state index in [1.807, 2.05) is 0 Å². The fourth-order valence-electron chi connectivity index (χ4n) is 0.818. The lowest BCUT2D eigenvalue weighted by Gasteiger charge is -1.93. The zero-order chi connectivity index (χ0) is 12.0. The minimum absolute atomic E-state index is 0.160. The molecular weight excluding hydrogens is 210 g/mol. The fourth-order valence-corrected chi connectivity index (χ4v) is 0.818. The smallest absolute Gasteiger partial charge is 0.373 e. The van der Waals surface area contributed by atoms with E-state index in [9.17, 15) is 9.59 Å². The molecule has 6 heteroatoms. The number of rotatable bonds is 2. The van der Waals surface area contributed by atoms with Crippen molar-refractivity contribution in [2.75, 3.05) is 6.54 Å². The van der Waals surface area contributed by atoms with Crippen molar-refractivity contribution >= 4 is 11.9 Å². The Bertz CT molecular complexity index is 456. The number of hydrogen-bond acceptors (Lipinski definition) is 4. The summed E-state index contributed by atoms with van der Waals surface area (Å²) in [6.45, 7) is 1.63. The van der Waals surface area contributed by atoms with Gasteiger partial charge in [0.05, 0.1) is 12.1 Å². The van der Waals surface area contributed by atoms with Gasteiger partial charge in [0, 0.05) is 19.3 Å². The third-order valence-electron chi connectivity index (χ3n) is 1.50. The van der Waals surface area contributed by atoms with Crippen molar-refractivity contribution in [1.82, 2.24) is 15.3 Å². The molecule has 0 aliphatic carbocycles. The van der Waals surface area contributed by atoms with Gasteiger partial charge in [0.2, 0.25) is 11.7 Å². The van der Waals surface area contributed by atoms with Crippen molar-refractivity contribution in [2.24, 2.45) is 0 Å². The van der Waals surface area contributed by atoms with Crippen molar-refractivity contribution < 1.29 is 14.7 Å². The molecule has 0 bridgehead atoms. The van der Waals surface area contributed by atoms with E-state index in [-0.39, 0.29) is 18.3 Å². The maximum Gasteiger partial charge on any atom is 0.373 e. The van der Waals surface area contributed by atoms with Crippen LogP contribution in [0.1, 0.15) is 23.1 Å². The van der Waals surface area contributed by atoms with E-state index < -0.39 is 5.97 Å². The van der Waals surface area contributed by atoms with Gasteiger partial charge >= 0.3 is 5.97 Å². The number of aromatic carboxylic acids is 1. The lowest BCUT2D eigenvalue weighted by Crippen LogP contribution is -2.19. The molecule has 0 aromatic carbocycles. The average Bonchev–Trinajstić information content (AvgIpc) is 2.25. The molecule has 2 N–H and O–H groups in total. The zero-order valence-corrected chi connectivity index (χ0v) is 8.52. The van der Waals surface area contributed by atoms with Gasteiger partial charge in [0.25, 0.3) is 0 Å². The highest BCUT2D eigenvalue weighted by atomic mass is 16.4. The molecule has 0 radical (unpaired) electrons. The Morgan fingerprint density at radius 3 is 2.56 bits per heavy atom. The van der Waals surface area contributed by atoms with Crippen LogP contribution >= 0.6 is 0 Å². The van der Waals surface area contributed by atoms with Gasteiger partial charge < -0.3 is 10.4 Å². The molecule has 0 saturated carbocycles. The van der Waals surface area contributed by atoms with Crippen LogP contribution in [0.3, 0.4) is 0 Å². The van der Waals surface area contributed by atoms with E-state index in [4.69, 9.17) is 5.11 Å². The summed E-state index contributed by atoms with van der Waals surface area (Å²) in [6.07, 6.45) is 2.63. The summed E-state index contributed by atoms with van der Waals surface area (Å²) < 4.78 is 0. The summed E-state index contributed by atoms with van der Waals surface area (Å²) in [6, 6.07) is 0. The summed E-state index contributed by atoms with van der Waals surface area (Å²) in [5, 5.41) is 11.0. The van der Waals surface area contributed by atoms with Crippen LogP contribution in [0.2, 0.25) is 0 Å². The highest BCUT2D eigenvalue weighted by molar-refractivity contribution is 5.82. The van der Waals surface area contributed by atoms with Gasteiger partial charge in [0.15, 0.2) is 0 Å². The van der Waals surface area contributed by atoms with Crippen molar-refractivity contribution in [1.29, 1.82) is 0 Å². The first-order valence-corrected chi connectivity index (χ1v) is 4.38. The van der Waals surface area contributed by atoms with Gasteiger partial charge in [-0.1, -0.05) is 11.8 Å². The minimum atomic E-state index is -1.18. The number of hydrogen-bond donors (Lipinski definition) is 2. The first-order chi connectivity index (χ1) is 7.59. The van der Waals surface area contributed by atoms with E-state index in [1.165, 1.54) is 19.3 Å². The number of nitrogens with one attached hydrogen (secondary N) is 1. The van der Waals surface area contributed by atoms with E-state index in [0.29, 0.717) is 5.56 Å². The van der Waals surface area contributed by atoms with Crippen molar-refractivity contribution in [2.45, 2.75) is 6.92 Å². The number of carboxylic acids is 1. The molecule has 1 aromatic heterocycles. The SMILES string of the molecule is CC(=O)NCC#Cc1cnc(C(=O)O)nc1. The molecule has 0 aliphatic rings. The molecule has 0 saturated heterocycles. The predicted octanol–water partition coefficient (Wildman–Crippen LogP) is -0.338. The Hall–Kier alpha value is -2.42. The molecule has 0 unspecified atom stereocenters. The highest BCUT2D eigenvalue weighted by Crippen LogP contribution is 1.93. The summed E-state index contributed by atoms with van der Waals surface area (Å²) in [7, 11) is 0. The summed E-state index contributed by atoms with van der Waals surface area (Å²) in [4.78, 5) is 28.1. The maximum absolute atomic E-state index is 10.5. The Balaban J connectivity index is 2.61. The van der Waals surface area contributed by atoms with Crippen molar-refractivity contribution in [3.05, 3.63) is 23.8 Å². The zero-order valence-electron chi connectivity index (χ0n) is 8.52. The normalized spacial score (nSPS) is 8.81. The lowest BCUT2D eigenvalue weighted by atomic mass is 10.3. The van der Waals surface area contributed by atoms with E-state index in [0.717, 1.165) is 0 Å². The molecule has 1 amide bonds. The molecule has 1 rings (SSSR count). The number of nitrogens with zero attached hydrogens (tertiary/aromatic N) is 2. The fraction of sp³-hybridized carbons (Fsp3) is 0.200. The Morgan fingerprint density at radius 1 is 1.44 bits per heavy atom. The Kier molecular flexibility index (Phi) is 3.98. The van der Waals surface area contributed by atoms with Crippen molar-refractivity contribution in [3.63, 3.8) is 0 Å². The van der Waals surface area contributed by atoms with Crippen LogP contribution < -0.4 is 5.32 Å². The monoisotopic (exact) mass is 219 g/mol. The summed E-state index contributed by atoms with van der Waals surface area (Å²) in [5.41, 5.74) is 0.496. The van der Waals surface area contributed by atoms with Gasteiger partial charge in [-0.25, -0.2) is 14.8 Å². The second-order valence-corrected chi connectivity index (χ2v) is 2.81. The molecule has 0 spiro atoms. The largest absolute Gasteiger partial charge is 0.475 e. The maximum atomic E-state index is 10.5. The van der Waals surface area contributed by atoms with Crippen LogP contribution in [-0.2, 0) is 4.79 Å². The molecule has 0 aliphatic heterocycles. The minimum Gasteiger partial charge on any atom is -0.475 e. The predicted molar refractivity (Wildman–Crippen MR) is 54.6 cm³/mol. The quantitative estimate of drug-likeness (QED) is 0.664. The highest BCUT2D eigenvalue weighted by Gasteiger charge is 2.03. The number of carbonyl (C=O) groups is 2. The number of aromatic nitrogens is 2. The molecule has 16 heavy (non-hydrogen) atoms. The molecule has 0 fully saturated rings. The van der Waals surface area contributed by atoms with Crippen LogP contribution in [-0.4, -0.2) is 33.5 Å². The van der Waals surface area contributed by atoms with Crippen molar-refractivity contribution in [3.8, 4) is 11.8 Å². The van der Waals surface area contributed by atoms with Crippen LogP contribution in [0, 0.1) is 11.8 Å². The van der Waals surface area contributed by atoms with E-state index in [1.54, 1.807) is 0 Å². The second-order valence-electron chi connectivity index (χ2n) is 2.81. The second kappa shape index (κ2) is 5.46. The van der Waals surface area contributed by atoms with Gasteiger partial charge in [-0.2, -0.15) is 0 Å². The average molecular weight is 219 g/mol. The Morgan fingerprint density at radius 2 is 2.06 bits per heavy atom. The van der Waals surface area contributed by atoms with Crippen LogP contribution in [0.25, 0.3) is 0 Å². The third-order valence-corrected chi connectivity index (χ3v) is 1.50. The topological polar surface area (TPSA) is 92.2 Å². The third kappa shape index (κ3) is 3.75.